The van der Waals surface area contributed by atoms with E-state index < -0.39 is 18.2 Å². The summed E-state index contributed by atoms with van der Waals surface area (Å²) in [5.74, 6) is -0.165. The van der Waals surface area contributed by atoms with Crippen molar-refractivity contribution in [3.8, 4) is 5.75 Å². The molecule has 0 aromatic heterocycles. The van der Waals surface area contributed by atoms with Gasteiger partial charge in [-0.15, -0.1) is 0 Å². The molecule has 1 aromatic carbocycles. The van der Waals surface area contributed by atoms with Crippen molar-refractivity contribution in [2.24, 2.45) is 0 Å². The molecule has 0 spiro atoms. The number of esters is 1. The third-order valence-corrected chi connectivity index (χ3v) is 3.21. The number of rotatable bonds is 5. The molecule has 1 amide bonds. The number of methoxy groups -OCH3 is 1. The average molecular weight is 293 g/mol. The molecule has 1 heterocycles. The molecule has 0 bridgehead atoms. The van der Waals surface area contributed by atoms with E-state index in [2.05, 4.69) is 5.32 Å². The lowest BCUT2D eigenvalue weighted by Crippen LogP contribution is -2.33. The molecule has 1 saturated heterocycles. The van der Waals surface area contributed by atoms with Crippen molar-refractivity contribution in [2.75, 3.05) is 19.0 Å². The van der Waals surface area contributed by atoms with E-state index in [0.29, 0.717) is 24.5 Å². The predicted molar refractivity (Wildman–Crippen MR) is 76.2 cm³/mol. The normalized spacial score (nSPS) is 18.9. The summed E-state index contributed by atoms with van der Waals surface area (Å²) in [4.78, 5) is 23.7. The Balaban J connectivity index is 1.85. The maximum absolute atomic E-state index is 12.0. The first-order valence-corrected chi connectivity index (χ1v) is 6.87. The molecular weight excluding hydrogens is 274 g/mol. The molecule has 114 valence electrons. The van der Waals surface area contributed by atoms with Gasteiger partial charge in [-0.05, 0) is 44.0 Å². The summed E-state index contributed by atoms with van der Waals surface area (Å²) in [5.41, 5.74) is 0.612. The van der Waals surface area contributed by atoms with E-state index in [4.69, 9.17) is 14.2 Å². The molecule has 1 N–H and O–H groups in total. The van der Waals surface area contributed by atoms with Crippen LogP contribution in [0.3, 0.4) is 0 Å². The van der Waals surface area contributed by atoms with Crippen molar-refractivity contribution >= 4 is 17.6 Å². The largest absolute Gasteiger partial charge is 0.497 e. The van der Waals surface area contributed by atoms with Crippen LogP contribution in [0.1, 0.15) is 19.8 Å². The molecule has 1 aliphatic heterocycles. The van der Waals surface area contributed by atoms with Crippen molar-refractivity contribution in [1.29, 1.82) is 0 Å². The zero-order valence-electron chi connectivity index (χ0n) is 12.1. The number of amides is 1. The van der Waals surface area contributed by atoms with Crippen LogP contribution in [-0.2, 0) is 19.1 Å². The standard InChI is InChI=1S/C15H19NO5/c1-10(21-15(18)13-4-3-9-20-13)14(17)16-11-5-7-12(19-2)8-6-11/h5-8,10,13H,3-4,9H2,1-2H3,(H,16,17)/t10-,13+/m0/s1. The van der Waals surface area contributed by atoms with Crippen molar-refractivity contribution in [3.63, 3.8) is 0 Å². The maximum atomic E-state index is 12.0. The van der Waals surface area contributed by atoms with Gasteiger partial charge in [0.2, 0.25) is 0 Å². The van der Waals surface area contributed by atoms with E-state index in [1.165, 1.54) is 6.92 Å². The van der Waals surface area contributed by atoms with Crippen molar-refractivity contribution in [1.82, 2.24) is 0 Å². The van der Waals surface area contributed by atoms with Gasteiger partial charge in [-0.2, -0.15) is 0 Å². The van der Waals surface area contributed by atoms with E-state index >= 15 is 0 Å². The zero-order valence-corrected chi connectivity index (χ0v) is 12.1. The highest BCUT2D eigenvalue weighted by Crippen LogP contribution is 2.17. The van der Waals surface area contributed by atoms with Gasteiger partial charge in [-0.3, -0.25) is 4.79 Å². The van der Waals surface area contributed by atoms with Gasteiger partial charge in [-0.1, -0.05) is 0 Å². The monoisotopic (exact) mass is 293 g/mol. The fourth-order valence-electron chi connectivity index (χ4n) is 1.99. The highest BCUT2D eigenvalue weighted by atomic mass is 16.6. The predicted octanol–water partition coefficient (Wildman–Crippen LogP) is 1.74. The number of anilines is 1. The summed E-state index contributed by atoms with van der Waals surface area (Å²) < 4.78 is 15.4. The first-order valence-electron chi connectivity index (χ1n) is 6.87. The van der Waals surface area contributed by atoms with Crippen molar-refractivity contribution < 1.29 is 23.8 Å². The number of ether oxygens (including phenoxy) is 3. The second-order valence-corrected chi connectivity index (χ2v) is 4.80. The van der Waals surface area contributed by atoms with E-state index in [0.717, 1.165) is 6.42 Å². The van der Waals surface area contributed by atoms with Crippen LogP contribution in [0.15, 0.2) is 24.3 Å². The SMILES string of the molecule is COc1ccc(NC(=O)[C@H](C)OC(=O)[C@H]2CCCO2)cc1. The minimum Gasteiger partial charge on any atom is -0.497 e. The molecule has 2 rings (SSSR count). The molecule has 2 atom stereocenters. The maximum Gasteiger partial charge on any atom is 0.336 e. The zero-order chi connectivity index (χ0) is 15.2. The Morgan fingerprint density at radius 2 is 2.05 bits per heavy atom. The van der Waals surface area contributed by atoms with Crippen LogP contribution >= 0.6 is 0 Å². The first kappa shape index (κ1) is 15.3. The number of nitrogens with one attached hydrogen (secondary N) is 1. The van der Waals surface area contributed by atoms with Crippen LogP contribution in [-0.4, -0.2) is 37.8 Å². The van der Waals surface area contributed by atoms with Crippen LogP contribution < -0.4 is 10.1 Å². The van der Waals surface area contributed by atoms with Gasteiger partial charge in [0.15, 0.2) is 12.2 Å². The third kappa shape index (κ3) is 4.19. The molecule has 6 heteroatoms. The number of hydrogen-bond donors (Lipinski definition) is 1. The van der Waals surface area contributed by atoms with Crippen LogP contribution in [0.25, 0.3) is 0 Å². The molecule has 1 fully saturated rings. The lowest BCUT2D eigenvalue weighted by atomic mass is 10.2. The fraction of sp³-hybridized carbons (Fsp3) is 0.467. The molecular formula is C15H19NO5. The number of carbonyl (C=O) groups is 2. The number of benzene rings is 1. The van der Waals surface area contributed by atoms with Crippen LogP contribution in [0.2, 0.25) is 0 Å². The van der Waals surface area contributed by atoms with Gasteiger partial charge in [0.1, 0.15) is 5.75 Å². The molecule has 21 heavy (non-hydrogen) atoms. The highest BCUT2D eigenvalue weighted by molar-refractivity contribution is 5.95. The minimum absolute atomic E-state index is 0.383. The summed E-state index contributed by atoms with van der Waals surface area (Å²) >= 11 is 0. The fourth-order valence-corrected chi connectivity index (χ4v) is 1.99. The van der Waals surface area contributed by atoms with Crippen LogP contribution in [0.5, 0.6) is 5.75 Å². The second kappa shape index (κ2) is 7.08. The van der Waals surface area contributed by atoms with E-state index in [-0.39, 0.29) is 5.91 Å². The van der Waals surface area contributed by atoms with Gasteiger partial charge in [0.25, 0.3) is 5.91 Å². The number of carbonyl (C=O) groups excluding carboxylic acids is 2. The summed E-state index contributed by atoms with van der Waals surface area (Å²) in [7, 11) is 1.57. The lowest BCUT2D eigenvalue weighted by molar-refractivity contribution is -0.162. The molecule has 0 radical (unpaired) electrons. The number of hydrogen-bond acceptors (Lipinski definition) is 5. The summed E-state index contributed by atoms with van der Waals surface area (Å²) in [6.45, 7) is 2.10. The third-order valence-electron chi connectivity index (χ3n) is 3.21. The van der Waals surface area contributed by atoms with Gasteiger partial charge in [0, 0.05) is 12.3 Å². The molecule has 0 unspecified atom stereocenters. The Hall–Kier alpha value is -2.08. The first-order chi connectivity index (χ1) is 10.1. The van der Waals surface area contributed by atoms with Gasteiger partial charge in [-0.25, -0.2) is 4.79 Å². The summed E-state index contributed by atoms with van der Waals surface area (Å²) in [6.07, 6.45) is 0.0720. The minimum atomic E-state index is -0.871. The smallest absolute Gasteiger partial charge is 0.336 e. The van der Waals surface area contributed by atoms with Gasteiger partial charge >= 0.3 is 5.97 Å². The van der Waals surface area contributed by atoms with E-state index in [9.17, 15) is 9.59 Å². The topological polar surface area (TPSA) is 73.9 Å². The van der Waals surface area contributed by atoms with Crippen LogP contribution in [0, 0.1) is 0 Å². The Morgan fingerprint density at radius 3 is 2.62 bits per heavy atom. The summed E-state index contributed by atoms with van der Waals surface area (Å²) in [6, 6.07) is 6.90. The van der Waals surface area contributed by atoms with Gasteiger partial charge in [0.05, 0.1) is 7.11 Å². The molecule has 6 nitrogen and oxygen atoms in total. The Labute approximate surface area is 123 Å². The quantitative estimate of drug-likeness (QED) is 0.837. The van der Waals surface area contributed by atoms with Crippen LogP contribution in [0.4, 0.5) is 5.69 Å². The summed E-state index contributed by atoms with van der Waals surface area (Å²) in [5, 5.41) is 2.68. The molecule has 0 aliphatic carbocycles. The van der Waals surface area contributed by atoms with Crippen molar-refractivity contribution in [3.05, 3.63) is 24.3 Å². The van der Waals surface area contributed by atoms with Crippen molar-refractivity contribution in [2.45, 2.75) is 32.0 Å². The Bertz CT molecular complexity index is 493. The highest BCUT2D eigenvalue weighted by Gasteiger charge is 2.28. The lowest BCUT2D eigenvalue weighted by Gasteiger charge is -2.16. The van der Waals surface area contributed by atoms with E-state index in [1.807, 2.05) is 0 Å². The second-order valence-electron chi connectivity index (χ2n) is 4.80. The molecule has 1 aliphatic rings. The van der Waals surface area contributed by atoms with E-state index in [1.54, 1.807) is 31.4 Å². The molecule has 0 saturated carbocycles. The average Bonchev–Trinajstić information content (AvgIpc) is 3.02. The van der Waals surface area contributed by atoms with Gasteiger partial charge < -0.3 is 19.5 Å². The molecule has 1 aromatic rings. The Morgan fingerprint density at radius 1 is 1.33 bits per heavy atom. The Kier molecular flexibility index (Phi) is 5.16.